The lowest BCUT2D eigenvalue weighted by molar-refractivity contribution is 0.0945. The Hall–Kier alpha value is -1.95. The summed E-state index contributed by atoms with van der Waals surface area (Å²) >= 11 is 0. The van der Waals surface area contributed by atoms with Crippen LogP contribution in [0.5, 0.6) is 0 Å². The topological polar surface area (TPSA) is 93.5 Å². The highest BCUT2D eigenvalue weighted by Crippen LogP contribution is 2.06. The molecule has 0 saturated carbocycles. The van der Waals surface area contributed by atoms with Gasteiger partial charge in [-0.1, -0.05) is 6.07 Å². The van der Waals surface area contributed by atoms with Crippen LogP contribution in [0.2, 0.25) is 0 Å². The van der Waals surface area contributed by atoms with E-state index in [1.807, 2.05) is 6.07 Å². The van der Waals surface area contributed by atoms with Crippen molar-refractivity contribution in [3.05, 3.63) is 35.4 Å². The number of sulfonamides is 1. The number of carbonyl (C=O) groups is 1. The SMILES string of the molecule is CS(=O)(=O)N1CCN(CCNC(=O)c2cccc(C#N)c2)CC1. The Kier molecular flexibility index (Phi) is 5.71. The Morgan fingerprint density at radius 1 is 1.30 bits per heavy atom. The van der Waals surface area contributed by atoms with E-state index < -0.39 is 10.0 Å². The molecular weight excluding hydrogens is 316 g/mol. The van der Waals surface area contributed by atoms with E-state index in [1.54, 1.807) is 24.3 Å². The highest BCUT2D eigenvalue weighted by atomic mass is 32.2. The third-order valence-electron chi connectivity index (χ3n) is 3.77. The molecule has 0 atom stereocenters. The zero-order chi connectivity index (χ0) is 16.9. The summed E-state index contributed by atoms with van der Waals surface area (Å²) in [6.45, 7) is 3.43. The minimum absolute atomic E-state index is 0.211. The molecule has 0 aliphatic carbocycles. The van der Waals surface area contributed by atoms with Crippen LogP contribution in [-0.4, -0.2) is 69.1 Å². The van der Waals surface area contributed by atoms with Gasteiger partial charge in [0.25, 0.3) is 5.91 Å². The maximum absolute atomic E-state index is 12.0. The van der Waals surface area contributed by atoms with E-state index in [2.05, 4.69) is 10.2 Å². The van der Waals surface area contributed by atoms with Crippen molar-refractivity contribution in [2.24, 2.45) is 0 Å². The van der Waals surface area contributed by atoms with Gasteiger partial charge in [0.05, 0.1) is 17.9 Å². The van der Waals surface area contributed by atoms with Crippen molar-refractivity contribution in [1.29, 1.82) is 5.26 Å². The van der Waals surface area contributed by atoms with Crippen molar-refractivity contribution < 1.29 is 13.2 Å². The quantitative estimate of drug-likeness (QED) is 0.808. The highest BCUT2D eigenvalue weighted by Gasteiger charge is 2.22. The number of amides is 1. The molecule has 0 unspecified atom stereocenters. The molecule has 8 heteroatoms. The molecule has 7 nitrogen and oxygen atoms in total. The van der Waals surface area contributed by atoms with Crippen LogP contribution in [0, 0.1) is 11.3 Å². The molecule has 1 amide bonds. The van der Waals surface area contributed by atoms with Gasteiger partial charge in [0.15, 0.2) is 0 Å². The first-order valence-corrected chi connectivity index (χ1v) is 9.21. The third-order valence-corrected chi connectivity index (χ3v) is 5.07. The van der Waals surface area contributed by atoms with Crippen molar-refractivity contribution in [2.45, 2.75) is 0 Å². The van der Waals surface area contributed by atoms with Crippen LogP contribution in [0.1, 0.15) is 15.9 Å². The van der Waals surface area contributed by atoms with Gasteiger partial charge >= 0.3 is 0 Å². The van der Waals surface area contributed by atoms with E-state index in [9.17, 15) is 13.2 Å². The molecule has 0 aromatic heterocycles. The van der Waals surface area contributed by atoms with Gasteiger partial charge in [0.1, 0.15) is 0 Å². The lowest BCUT2D eigenvalue weighted by Gasteiger charge is -2.33. The smallest absolute Gasteiger partial charge is 0.251 e. The minimum atomic E-state index is -3.12. The predicted molar refractivity (Wildman–Crippen MR) is 86.3 cm³/mol. The summed E-state index contributed by atoms with van der Waals surface area (Å²) in [5.41, 5.74) is 0.917. The Bertz CT molecular complexity index is 704. The van der Waals surface area contributed by atoms with E-state index in [1.165, 1.54) is 10.6 Å². The second-order valence-electron chi connectivity index (χ2n) is 5.45. The molecule has 1 aromatic carbocycles. The van der Waals surface area contributed by atoms with Crippen LogP contribution >= 0.6 is 0 Å². The van der Waals surface area contributed by atoms with Crippen molar-refractivity contribution in [3.8, 4) is 6.07 Å². The molecular formula is C15H20N4O3S. The van der Waals surface area contributed by atoms with Gasteiger partial charge in [-0.3, -0.25) is 9.69 Å². The van der Waals surface area contributed by atoms with Crippen LogP contribution in [0.3, 0.4) is 0 Å². The second-order valence-corrected chi connectivity index (χ2v) is 7.43. The molecule has 1 saturated heterocycles. The number of benzene rings is 1. The Balaban J connectivity index is 1.75. The van der Waals surface area contributed by atoms with Gasteiger partial charge in [-0.05, 0) is 18.2 Å². The Morgan fingerprint density at radius 2 is 2.00 bits per heavy atom. The van der Waals surface area contributed by atoms with Crippen LogP contribution in [-0.2, 0) is 10.0 Å². The largest absolute Gasteiger partial charge is 0.351 e. The molecule has 1 aliphatic heterocycles. The first kappa shape index (κ1) is 17.4. The number of hydrogen-bond donors (Lipinski definition) is 1. The molecule has 1 aromatic rings. The molecule has 0 bridgehead atoms. The van der Waals surface area contributed by atoms with Crippen molar-refractivity contribution in [2.75, 3.05) is 45.5 Å². The summed E-state index contributed by atoms with van der Waals surface area (Å²) in [5, 5.41) is 11.7. The van der Waals surface area contributed by atoms with Gasteiger partial charge < -0.3 is 5.32 Å². The normalized spacial score (nSPS) is 16.7. The van der Waals surface area contributed by atoms with Crippen molar-refractivity contribution in [3.63, 3.8) is 0 Å². The average molecular weight is 336 g/mol. The molecule has 1 fully saturated rings. The summed E-state index contributed by atoms with van der Waals surface area (Å²) in [6, 6.07) is 8.56. The van der Waals surface area contributed by atoms with E-state index in [0.29, 0.717) is 50.4 Å². The number of carbonyl (C=O) groups excluding carboxylic acids is 1. The summed E-state index contributed by atoms with van der Waals surface area (Å²) in [6.07, 6.45) is 1.22. The van der Waals surface area contributed by atoms with Gasteiger partial charge in [-0.15, -0.1) is 0 Å². The number of hydrogen-bond acceptors (Lipinski definition) is 5. The number of nitrogens with zero attached hydrogens (tertiary/aromatic N) is 3. The van der Waals surface area contributed by atoms with Crippen LogP contribution in [0.15, 0.2) is 24.3 Å². The van der Waals surface area contributed by atoms with Gasteiger partial charge in [0.2, 0.25) is 10.0 Å². The van der Waals surface area contributed by atoms with Crippen molar-refractivity contribution in [1.82, 2.24) is 14.5 Å². The van der Waals surface area contributed by atoms with E-state index in [-0.39, 0.29) is 5.91 Å². The van der Waals surface area contributed by atoms with Crippen LogP contribution in [0.25, 0.3) is 0 Å². The molecule has 0 radical (unpaired) electrons. The number of nitrogens with one attached hydrogen (secondary N) is 1. The molecule has 1 N–H and O–H groups in total. The molecule has 1 heterocycles. The van der Waals surface area contributed by atoms with Gasteiger partial charge in [0, 0.05) is 44.8 Å². The standard InChI is InChI=1S/C15H20N4O3S/c1-23(21,22)19-9-7-18(8-10-19)6-5-17-15(20)14-4-2-3-13(11-14)12-16/h2-4,11H,5-10H2,1H3,(H,17,20). The van der Waals surface area contributed by atoms with E-state index in [0.717, 1.165) is 0 Å². The summed E-state index contributed by atoms with van der Waals surface area (Å²) in [5.74, 6) is -0.211. The maximum atomic E-state index is 12.0. The fourth-order valence-electron chi connectivity index (χ4n) is 2.44. The summed E-state index contributed by atoms with van der Waals surface area (Å²) in [4.78, 5) is 14.1. The third kappa shape index (κ3) is 5.03. The highest BCUT2D eigenvalue weighted by molar-refractivity contribution is 7.88. The average Bonchev–Trinajstić information content (AvgIpc) is 2.54. The fraction of sp³-hybridized carbons (Fsp3) is 0.467. The predicted octanol–water partition coefficient (Wildman–Crippen LogP) is -0.135. The zero-order valence-electron chi connectivity index (χ0n) is 13.0. The second kappa shape index (κ2) is 7.55. The van der Waals surface area contributed by atoms with Crippen molar-refractivity contribution >= 4 is 15.9 Å². The lowest BCUT2D eigenvalue weighted by atomic mass is 10.1. The van der Waals surface area contributed by atoms with E-state index in [4.69, 9.17) is 5.26 Å². The van der Waals surface area contributed by atoms with Crippen LogP contribution < -0.4 is 5.32 Å². The lowest BCUT2D eigenvalue weighted by Crippen LogP contribution is -2.49. The van der Waals surface area contributed by atoms with Gasteiger partial charge in [-0.25, -0.2) is 8.42 Å². The first-order valence-electron chi connectivity index (χ1n) is 7.36. The molecule has 23 heavy (non-hydrogen) atoms. The first-order chi connectivity index (χ1) is 10.9. The number of piperazine rings is 1. The summed E-state index contributed by atoms with van der Waals surface area (Å²) in [7, 11) is -3.12. The summed E-state index contributed by atoms with van der Waals surface area (Å²) < 4.78 is 24.3. The zero-order valence-corrected chi connectivity index (χ0v) is 13.8. The minimum Gasteiger partial charge on any atom is -0.351 e. The Labute approximate surface area is 136 Å². The van der Waals surface area contributed by atoms with E-state index >= 15 is 0 Å². The molecule has 2 rings (SSSR count). The Morgan fingerprint density at radius 3 is 2.61 bits per heavy atom. The molecule has 1 aliphatic rings. The monoisotopic (exact) mass is 336 g/mol. The maximum Gasteiger partial charge on any atom is 0.251 e. The molecule has 0 spiro atoms. The number of rotatable bonds is 5. The van der Waals surface area contributed by atoms with Crippen LogP contribution in [0.4, 0.5) is 0 Å². The van der Waals surface area contributed by atoms with Gasteiger partial charge in [-0.2, -0.15) is 9.57 Å². The molecule has 124 valence electrons. The number of nitriles is 1. The fourth-order valence-corrected chi connectivity index (χ4v) is 3.27.